The van der Waals surface area contributed by atoms with Crippen LogP contribution in [0.2, 0.25) is 0 Å². The second-order valence-electron chi connectivity index (χ2n) is 4.47. The molecule has 2 aromatic rings. The Balaban J connectivity index is 0.00000200. The zero-order valence-electron chi connectivity index (χ0n) is 11.9. The molecule has 2 N–H and O–H groups in total. The van der Waals surface area contributed by atoms with Crippen molar-refractivity contribution in [1.82, 2.24) is 14.9 Å². The summed E-state index contributed by atoms with van der Waals surface area (Å²) >= 11 is 0. The van der Waals surface area contributed by atoms with Crippen LogP contribution in [0.15, 0.2) is 43.0 Å². The minimum atomic E-state index is -0.0677. The van der Waals surface area contributed by atoms with Gasteiger partial charge in [0, 0.05) is 36.2 Å². The highest BCUT2D eigenvalue weighted by atomic mass is 35.5. The predicted molar refractivity (Wildman–Crippen MR) is 89.8 cm³/mol. The second-order valence-corrected chi connectivity index (χ2v) is 4.47. The largest absolute Gasteiger partial charge is 0.326 e. The quantitative estimate of drug-likeness (QED) is 0.885. The molecule has 5 nitrogen and oxygen atoms in total. The van der Waals surface area contributed by atoms with Crippen LogP contribution in [0.1, 0.15) is 6.92 Å². The Bertz CT molecular complexity index is 546. The summed E-state index contributed by atoms with van der Waals surface area (Å²) in [7, 11) is 1.84. The van der Waals surface area contributed by atoms with Crippen molar-refractivity contribution in [3.05, 3.63) is 43.0 Å². The Morgan fingerprint density at radius 1 is 1.38 bits per heavy atom. The summed E-state index contributed by atoms with van der Waals surface area (Å²) in [6, 6.07) is 7.68. The SMILES string of the molecule is CNCC(C)C(=O)Nc1cccc(-n2ccnc2)c1.Cl.Cl. The average molecular weight is 331 g/mol. The summed E-state index contributed by atoms with van der Waals surface area (Å²) in [5, 5.41) is 5.91. The maximum absolute atomic E-state index is 11.9. The number of anilines is 1. The number of carbonyl (C=O) groups is 1. The van der Waals surface area contributed by atoms with Gasteiger partial charge in [0.1, 0.15) is 0 Å². The highest BCUT2D eigenvalue weighted by molar-refractivity contribution is 5.92. The summed E-state index contributed by atoms with van der Waals surface area (Å²) < 4.78 is 1.90. The van der Waals surface area contributed by atoms with Crippen molar-refractivity contribution in [2.24, 2.45) is 5.92 Å². The molecule has 1 heterocycles. The van der Waals surface area contributed by atoms with E-state index in [-0.39, 0.29) is 36.6 Å². The smallest absolute Gasteiger partial charge is 0.228 e. The first kappa shape index (κ1) is 19.4. The Labute approximate surface area is 137 Å². The molecule has 1 amide bonds. The van der Waals surface area contributed by atoms with E-state index in [2.05, 4.69) is 15.6 Å². The van der Waals surface area contributed by atoms with Crippen LogP contribution in [-0.2, 0) is 4.79 Å². The highest BCUT2D eigenvalue weighted by Crippen LogP contribution is 2.15. The molecule has 0 saturated carbocycles. The van der Waals surface area contributed by atoms with Crippen molar-refractivity contribution in [1.29, 1.82) is 0 Å². The van der Waals surface area contributed by atoms with Gasteiger partial charge in [-0.05, 0) is 25.2 Å². The fourth-order valence-electron chi connectivity index (χ4n) is 1.82. The normalized spacial score (nSPS) is 11.0. The van der Waals surface area contributed by atoms with Crippen LogP contribution in [0, 0.1) is 5.92 Å². The van der Waals surface area contributed by atoms with E-state index in [9.17, 15) is 4.79 Å². The lowest BCUT2D eigenvalue weighted by molar-refractivity contribution is -0.119. The van der Waals surface area contributed by atoms with E-state index in [0.717, 1.165) is 11.4 Å². The van der Waals surface area contributed by atoms with E-state index in [1.165, 1.54) is 0 Å². The third-order valence-electron chi connectivity index (χ3n) is 2.87. The van der Waals surface area contributed by atoms with Crippen molar-refractivity contribution in [3.63, 3.8) is 0 Å². The van der Waals surface area contributed by atoms with E-state index in [1.807, 2.05) is 49.0 Å². The van der Waals surface area contributed by atoms with Gasteiger partial charge < -0.3 is 15.2 Å². The Hall–Kier alpha value is -1.56. The zero-order chi connectivity index (χ0) is 13.7. The van der Waals surface area contributed by atoms with Crippen LogP contribution >= 0.6 is 24.8 Å². The lowest BCUT2D eigenvalue weighted by atomic mass is 10.1. The molecule has 0 radical (unpaired) electrons. The molecule has 0 fully saturated rings. The van der Waals surface area contributed by atoms with E-state index in [1.54, 1.807) is 12.5 Å². The molecular formula is C14H20Cl2N4O. The molecule has 0 aliphatic rings. The zero-order valence-corrected chi connectivity index (χ0v) is 13.6. The Morgan fingerprint density at radius 3 is 2.76 bits per heavy atom. The number of halogens is 2. The number of hydrogen-bond donors (Lipinski definition) is 2. The fraction of sp³-hybridized carbons (Fsp3) is 0.286. The van der Waals surface area contributed by atoms with E-state index < -0.39 is 0 Å². The van der Waals surface area contributed by atoms with Crippen molar-refractivity contribution in [2.45, 2.75) is 6.92 Å². The van der Waals surface area contributed by atoms with Crippen LogP contribution in [-0.4, -0.2) is 29.1 Å². The van der Waals surface area contributed by atoms with Crippen LogP contribution in [0.3, 0.4) is 0 Å². The molecule has 1 aromatic heterocycles. The molecule has 0 aliphatic carbocycles. The number of benzene rings is 1. The molecule has 116 valence electrons. The van der Waals surface area contributed by atoms with Crippen molar-refractivity contribution in [2.75, 3.05) is 18.9 Å². The monoisotopic (exact) mass is 330 g/mol. The Kier molecular flexibility index (Phi) is 8.69. The van der Waals surface area contributed by atoms with Gasteiger partial charge in [-0.1, -0.05) is 13.0 Å². The first-order chi connectivity index (χ1) is 9.20. The molecular weight excluding hydrogens is 311 g/mol. The van der Waals surface area contributed by atoms with E-state index >= 15 is 0 Å². The minimum Gasteiger partial charge on any atom is -0.326 e. The molecule has 2 rings (SSSR count). The number of hydrogen-bond acceptors (Lipinski definition) is 3. The lowest BCUT2D eigenvalue weighted by Gasteiger charge is -2.12. The minimum absolute atomic E-state index is 0. The summed E-state index contributed by atoms with van der Waals surface area (Å²) in [4.78, 5) is 15.9. The molecule has 1 atom stereocenters. The molecule has 0 aliphatic heterocycles. The summed E-state index contributed by atoms with van der Waals surface area (Å²) in [5.41, 5.74) is 1.76. The lowest BCUT2D eigenvalue weighted by Crippen LogP contribution is -2.28. The van der Waals surface area contributed by atoms with Crippen molar-refractivity contribution >= 4 is 36.4 Å². The Morgan fingerprint density at radius 2 is 2.14 bits per heavy atom. The average Bonchev–Trinajstić information content (AvgIpc) is 2.93. The number of aromatic nitrogens is 2. The van der Waals surface area contributed by atoms with Crippen LogP contribution in [0.5, 0.6) is 0 Å². The maximum Gasteiger partial charge on any atom is 0.228 e. The van der Waals surface area contributed by atoms with Gasteiger partial charge >= 0.3 is 0 Å². The first-order valence-electron chi connectivity index (χ1n) is 6.24. The highest BCUT2D eigenvalue weighted by Gasteiger charge is 2.11. The van der Waals surface area contributed by atoms with Gasteiger partial charge in [0.05, 0.1) is 6.33 Å². The molecule has 21 heavy (non-hydrogen) atoms. The third kappa shape index (κ3) is 5.38. The van der Waals surface area contributed by atoms with Gasteiger partial charge in [-0.15, -0.1) is 24.8 Å². The molecule has 0 spiro atoms. The standard InChI is InChI=1S/C14H18N4O.2ClH/c1-11(9-15-2)14(19)17-12-4-3-5-13(8-12)18-7-6-16-10-18;;/h3-8,10-11,15H,9H2,1-2H3,(H,17,19);2*1H. The predicted octanol–water partition coefficient (Wildman–Crippen LogP) is 2.51. The summed E-state index contributed by atoms with van der Waals surface area (Å²) in [5.74, 6) is -0.0565. The van der Waals surface area contributed by atoms with Crippen LogP contribution in [0.4, 0.5) is 5.69 Å². The van der Waals surface area contributed by atoms with Gasteiger partial charge in [-0.3, -0.25) is 4.79 Å². The number of nitrogens with zero attached hydrogens (tertiary/aromatic N) is 2. The number of imidazole rings is 1. The molecule has 1 unspecified atom stereocenters. The second kappa shape index (κ2) is 9.39. The van der Waals surface area contributed by atoms with Crippen molar-refractivity contribution < 1.29 is 4.79 Å². The molecule has 0 saturated heterocycles. The van der Waals surface area contributed by atoms with Crippen LogP contribution in [0.25, 0.3) is 5.69 Å². The summed E-state index contributed by atoms with van der Waals surface area (Å²) in [6.07, 6.45) is 5.31. The van der Waals surface area contributed by atoms with Gasteiger partial charge in [-0.25, -0.2) is 4.98 Å². The fourth-order valence-corrected chi connectivity index (χ4v) is 1.82. The summed E-state index contributed by atoms with van der Waals surface area (Å²) in [6.45, 7) is 2.55. The number of amides is 1. The van der Waals surface area contributed by atoms with Crippen molar-refractivity contribution in [3.8, 4) is 5.69 Å². The van der Waals surface area contributed by atoms with Gasteiger partial charge in [-0.2, -0.15) is 0 Å². The van der Waals surface area contributed by atoms with E-state index in [4.69, 9.17) is 0 Å². The molecule has 0 bridgehead atoms. The molecule has 7 heteroatoms. The third-order valence-corrected chi connectivity index (χ3v) is 2.87. The van der Waals surface area contributed by atoms with Gasteiger partial charge in [0.25, 0.3) is 0 Å². The maximum atomic E-state index is 11.9. The van der Waals surface area contributed by atoms with Crippen LogP contribution < -0.4 is 10.6 Å². The van der Waals surface area contributed by atoms with Gasteiger partial charge in [0.15, 0.2) is 0 Å². The topological polar surface area (TPSA) is 59.0 Å². The number of nitrogens with one attached hydrogen (secondary N) is 2. The number of carbonyl (C=O) groups excluding carboxylic acids is 1. The van der Waals surface area contributed by atoms with Gasteiger partial charge in [0.2, 0.25) is 5.91 Å². The number of rotatable bonds is 5. The molecule has 1 aromatic carbocycles. The van der Waals surface area contributed by atoms with E-state index in [0.29, 0.717) is 6.54 Å². The first-order valence-corrected chi connectivity index (χ1v) is 6.24.